The van der Waals surface area contributed by atoms with Gasteiger partial charge in [-0.2, -0.15) is 18.2 Å². The number of nitrogens with one attached hydrogen (secondary N) is 3. The van der Waals surface area contributed by atoms with Crippen LogP contribution in [-0.4, -0.2) is 60.0 Å². The molecule has 2 amide bonds. The zero-order chi connectivity index (χ0) is 31.1. The molecule has 0 saturated carbocycles. The molecule has 2 aliphatic heterocycles. The summed E-state index contributed by atoms with van der Waals surface area (Å²) in [5.41, 5.74) is -0.774. The van der Waals surface area contributed by atoms with Gasteiger partial charge in [0.25, 0.3) is 11.8 Å². The molecule has 5 rings (SSSR count). The summed E-state index contributed by atoms with van der Waals surface area (Å²) < 4.78 is 53.0. The van der Waals surface area contributed by atoms with Crippen molar-refractivity contribution < 1.29 is 32.2 Å². The average molecular weight is 619 g/mol. The maximum absolute atomic E-state index is 14.0. The van der Waals surface area contributed by atoms with Crippen molar-refractivity contribution in [1.82, 2.24) is 25.5 Å². The van der Waals surface area contributed by atoms with Crippen LogP contribution in [0.3, 0.4) is 0 Å². The lowest BCUT2D eigenvalue weighted by atomic mass is 9.94. The minimum Gasteiger partial charge on any atom is -0.495 e. The summed E-state index contributed by atoms with van der Waals surface area (Å²) in [6, 6.07) is 7.58. The van der Waals surface area contributed by atoms with Crippen molar-refractivity contribution >= 4 is 35.1 Å². The van der Waals surface area contributed by atoms with Crippen LogP contribution in [0.5, 0.6) is 17.4 Å². The summed E-state index contributed by atoms with van der Waals surface area (Å²) in [5, 5.41) is 9.08. The van der Waals surface area contributed by atoms with Crippen LogP contribution in [-0.2, 0) is 11.7 Å². The molecule has 3 aromatic rings. The Kier molecular flexibility index (Phi) is 8.14. The van der Waals surface area contributed by atoms with Crippen molar-refractivity contribution in [3.8, 4) is 17.4 Å². The normalized spacial score (nSPS) is 16.6. The van der Waals surface area contributed by atoms with Gasteiger partial charge in [0.15, 0.2) is 0 Å². The molecule has 1 fully saturated rings. The molecule has 1 aromatic heterocycles. The van der Waals surface area contributed by atoms with E-state index in [1.165, 1.54) is 30.2 Å². The number of hydrogen-bond acceptors (Lipinski definition) is 8. The number of halogens is 4. The van der Waals surface area contributed by atoms with Crippen molar-refractivity contribution in [3.05, 3.63) is 63.8 Å². The molecule has 0 unspecified atom stereocenters. The van der Waals surface area contributed by atoms with Crippen LogP contribution in [0, 0.1) is 0 Å². The quantitative estimate of drug-likeness (QED) is 0.318. The van der Waals surface area contributed by atoms with Gasteiger partial charge in [-0.1, -0.05) is 23.7 Å². The number of aromatic nitrogens is 2. The maximum atomic E-state index is 14.0. The second kappa shape index (κ2) is 11.5. The largest absolute Gasteiger partial charge is 0.495 e. The molecule has 14 heteroatoms. The van der Waals surface area contributed by atoms with E-state index in [2.05, 4.69) is 25.9 Å². The second-order valence-corrected chi connectivity index (χ2v) is 11.2. The highest BCUT2D eigenvalue weighted by molar-refractivity contribution is 6.34. The zero-order valence-electron chi connectivity index (χ0n) is 23.9. The van der Waals surface area contributed by atoms with Crippen LogP contribution in [0.1, 0.15) is 58.5 Å². The van der Waals surface area contributed by atoms with Crippen molar-refractivity contribution in [1.29, 1.82) is 0 Å². The first-order valence-corrected chi connectivity index (χ1v) is 13.9. The smallest absolute Gasteiger partial charge is 0.423 e. The number of carbonyl (C=O) groups is 2. The number of fused-ring (bicyclic) bond motifs is 1. The molecule has 0 spiro atoms. The lowest BCUT2D eigenvalue weighted by molar-refractivity contribution is -0.139. The summed E-state index contributed by atoms with van der Waals surface area (Å²) in [5.74, 6) is -1.72. The molecular formula is C29H30ClF3N6O4. The third-order valence-electron chi connectivity index (χ3n) is 7.76. The SMILES string of the molecule is COc1cc(C(=O)NC2CCNCC2)c(Cl)cc1Nc1ncc(C(F)(F)F)c(Oc2cccc3c2C(=O)N(C)C3(C)C)n1. The van der Waals surface area contributed by atoms with Gasteiger partial charge in [-0.05, 0) is 63.5 Å². The molecular weight excluding hydrogens is 589 g/mol. The third kappa shape index (κ3) is 5.91. The first-order chi connectivity index (χ1) is 20.3. The molecule has 3 N–H and O–H groups in total. The number of nitrogens with zero attached hydrogens (tertiary/aromatic N) is 3. The predicted molar refractivity (Wildman–Crippen MR) is 153 cm³/mol. The minimum atomic E-state index is -4.85. The van der Waals surface area contributed by atoms with E-state index in [4.69, 9.17) is 21.1 Å². The molecule has 10 nitrogen and oxygen atoms in total. The maximum Gasteiger partial charge on any atom is 0.423 e. The number of rotatable bonds is 7. The van der Waals surface area contributed by atoms with E-state index in [9.17, 15) is 22.8 Å². The van der Waals surface area contributed by atoms with Gasteiger partial charge < -0.3 is 30.3 Å². The molecule has 0 radical (unpaired) electrons. The van der Waals surface area contributed by atoms with Crippen LogP contribution < -0.4 is 25.4 Å². The topological polar surface area (TPSA) is 118 Å². The molecule has 0 atom stereocenters. The van der Waals surface area contributed by atoms with E-state index in [0.29, 0.717) is 11.8 Å². The van der Waals surface area contributed by atoms with Crippen molar-refractivity contribution in [2.75, 3.05) is 32.6 Å². The number of amides is 2. The van der Waals surface area contributed by atoms with Gasteiger partial charge in [-0.3, -0.25) is 9.59 Å². The first kappa shape index (κ1) is 30.4. The monoisotopic (exact) mass is 618 g/mol. The van der Waals surface area contributed by atoms with Gasteiger partial charge in [0.1, 0.15) is 17.1 Å². The highest BCUT2D eigenvalue weighted by atomic mass is 35.5. The predicted octanol–water partition coefficient (Wildman–Crippen LogP) is 5.50. The summed E-state index contributed by atoms with van der Waals surface area (Å²) in [6.07, 6.45) is -2.70. The van der Waals surface area contributed by atoms with Gasteiger partial charge in [0.05, 0.1) is 34.5 Å². The molecule has 2 aromatic carbocycles. The fourth-order valence-corrected chi connectivity index (χ4v) is 5.34. The highest BCUT2D eigenvalue weighted by Gasteiger charge is 2.43. The van der Waals surface area contributed by atoms with E-state index in [0.717, 1.165) is 25.9 Å². The number of anilines is 2. The standard InChI is InChI=1S/C29H30ClF3N6O4/c1-28(2)17-6-5-7-21(23(17)26(41)39(28)3)43-25-18(29(31,32)33)14-35-27(38-25)37-20-13-19(30)16(12-22(20)42-4)24(40)36-15-8-10-34-11-9-15/h5-7,12-15,34H,8-11H2,1-4H3,(H,36,40)(H,35,37,38). The molecule has 2 aliphatic rings. The number of alkyl halides is 3. The van der Waals surface area contributed by atoms with Crippen molar-refractivity contribution in [3.63, 3.8) is 0 Å². The number of piperidine rings is 1. The van der Waals surface area contributed by atoms with Gasteiger partial charge >= 0.3 is 6.18 Å². The zero-order valence-corrected chi connectivity index (χ0v) is 24.6. The number of carbonyl (C=O) groups excluding carboxylic acids is 2. The molecule has 43 heavy (non-hydrogen) atoms. The Morgan fingerprint density at radius 3 is 2.58 bits per heavy atom. The molecule has 228 valence electrons. The summed E-state index contributed by atoms with van der Waals surface area (Å²) in [6.45, 7) is 5.24. The Morgan fingerprint density at radius 2 is 1.91 bits per heavy atom. The Bertz CT molecular complexity index is 1580. The molecule has 1 saturated heterocycles. The summed E-state index contributed by atoms with van der Waals surface area (Å²) in [4.78, 5) is 35.3. The van der Waals surface area contributed by atoms with Crippen LogP contribution in [0.15, 0.2) is 36.5 Å². The minimum absolute atomic E-state index is 0.000177. The lowest BCUT2D eigenvalue weighted by Crippen LogP contribution is -2.42. The van der Waals surface area contributed by atoms with Crippen LogP contribution in [0.25, 0.3) is 0 Å². The van der Waals surface area contributed by atoms with E-state index in [1.807, 2.05) is 13.8 Å². The van der Waals surface area contributed by atoms with Gasteiger partial charge in [-0.25, -0.2) is 4.98 Å². The van der Waals surface area contributed by atoms with Crippen molar-refractivity contribution in [2.24, 2.45) is 0 Å². The second-order valence-electron chi connectivity index (χ2n) is 10.8. The fraction of sp³-hybridized carbons (Fsp3) is 0.379. The Morgan fingerprint density at radius 1 is 1.19 bits per heavy atom. The summed E-state index contributed by atoms with van der Waals surface area (Å²) in [7, 11) is 2.98. The number of ether oxygens (including phenoxy) is 2. The van der Waals surface area contributed by atoms with Gasteiger partial charge in [0, 0.05) is 19.3 Å². The van der Waals surface area contributed by atoms with Crippen LogP contribution >= 0.6 is 11.6 Å². The van der Waals surface area contributed by atoms with Gasteiger partial charge in [-0.15, -0.1) is 0 Å². The van der Waals surface area contributed by atoms with Crippen molar-refractivity contribution in [2.45, 2.75) is 44.4 Å². The molecule has 0 bridgehead atoms. The third-order valence-corrected chi connectivity index (χ3v) is 8.08. The highest BCUT2D eigenvalue weighted by Crippen LogP contribution is 2.44. The summed E-state index contributed by atoms with van der Waals surface area (Å²) >= 11 is 6.44. The number of hydrogen-bond donors (Lipinski definition) is 3. The Hall–Kier alpha value is -4.10. The number of methoxy groups -OCH3 is 1. The fourth-order valence-electron chi connectivity index (χ4n) is 5.10. The van der Waals surface area contributed by atoms with E-state index in [-0.39, 0.29) is 57.1 Å². The molecule has 0 aliphatic carbocycles. The Labute approximate surface area is 250 Å². The Balaban J connectivity index is 1.46. The average Bonchev–Trinajstić information content (AvgIpc) is 3.13. The van der Waals surface area contributed by atoms with Crippen LogP contribution in [0.2, 0.25) is 5.02 Å². The van der Waals surface area contributed by atoms with Gasteiger partial charge in [0.2, 0.25) is 11.8 Å². The van der Waals surface area contributed by atoms with Crippen LogP contribution in [0.4, 0.5) is 24.8 Å². The van der Waals surface area contributed by atoms with E-state index < -0.39 is 23.2 Å². The first-order valence-electron chi connectivity index (χ1n) is 13.5. The van der Waals surface area contributed by atoms with E-state index >= 15 is 0 Å². The number of benzene rings is 2. The lowest BCUT2D eigenvalue weighted by Gasteiger charge is -2.28. The molecule has 3 heterocycles. The van der Waals surface area contributed by atoms with E-state index in [1.54, 1.807) is 19.2 Å².